The van der Waals surface area contributed by atoms with E-state index in [0.29, 0.717) is 33.9 Å². The van der Waals surface area contributed by atoms with Gasteiger partial charge in [0, 0.05) is 0 Å². The smallest absolute Gasteiger partial charge is 0.371 e. The number of aliphatic imine (C=N–C) groups is 1. The van der Waals surface area contributed by atoms with Gasteiger partial charge in [-0.15, -0.1) is 0 Å². The molecule has 5 rings (SSSR count). The van der Waals surface area contributed by atoms with E-state index in [9.17, 15) is 9.59 Å². The SMILES string of the molecule is COc1ccc(CN2C(=O)/C(=C/c3ccc(OCc4ccc(C(=O)O)o4)c(OC)c3)SC2=Nc2ccccc2)cc1. The summed E-state index contributed by atoms with van der Waals surface area (Å²) in [5.74, 6) is 0.536. The maximum absolute atomic E-state index is 13.6. The first kappa shape index (κ1) is 27.6. The second-order valence-electron chi connectivity index (χ2n) is 8.85. The highest BCUT2D eigenvalue weighted by molar-refractivity contribution is 8.18. The van der Waals surface area contributed by atoms with Gasteiger partial charge >= 0.3 is 5.97 Å². The molecule has 10 heteroatoms. The molecule has 9 nitrogen and oxygen atoms in total. The summed E-state index contributed by atoms with van der Waals surface area (Å²) in [6, 6.07) is 25.3. The molecule has 208 valence electrons. The molecule has 4 aromatic rings. The summed E-state index contributed by atoms with van der Waals surface area (Å²) in [6.07, 6.45) is 1.79. The molecule has 1 N–H and O–H groups in total. The number of amides is 1. The van der Waals surface area contributed by atoms with E-state index in [2.05, 4.69) is 0 Å². The van der Waals surface area contributed by atoms with Crippen LogP contribution in [0.2, 0.25) is 0 Å². The lowest BCUT2D eigenvalue weighted by molar-refractivity contribution is -0.122. The fourth-order valence-corrected chi connectivity index (χ4v) is 5.02. The second kappa shape index (κ2) is 12.5. The Morgan fingerprint density at radius 3 is 2.44 bits per heavy atom. The standard InChI is InChI=1S/C31H26N2O7S/c1-37-23-11-8-20(9-12-23)18-33-29(34)28(41-31(33)32-22-6-4-3-5-7-22)17-21-10-14-25(27(16-21)38-2)39-19-24-13-15-26(40-24)30(35)36/h3-17H,18-19H2,1-2H3,(H,35,36)/b28-17-,32-31?. The molecule has 1 amide bonds. The van der Waals surface area contributed by atoms with Gasteiger partial charge < -0.3 is 23.7 Å². The molecule has 0 unspecified atom stereocenters. The van der Waals surface area contributed by atoms with Crippen LogP contribution in [-0.4, -0.2) is 41.3 Å². The Kier molecular flexibility index (Phi) is 8.40. The van der Waals surface area contributed by atoms with E-state index >= 15 is 0 Å². The number of amidine groups is 1. The molecule has 2 heterocycles. The Hall–Kier alpha value is -4.96. The van der Waals surface area contributed by atoms with Gasteiger partial charge in [0.15, 0.2) is 16.7 Å². The number of hydrogen-bond donors (Lipinski definition) is 1. The van der Waals surface area contributed by atoms with Crippen LogP contribution in [0.1, 0.15) is 27.4 Å². The van der Waals surface area contributed by atoms with E-state index in [1.54, 1.807) is 36.3 Å². The fourth-order valence-electron chi connectivity index (χ4n) is 4.02. The third kappa shape index (κ3) is 6.62. The lowest BCUT2D eigenvalue weighted by atomic mass is 10.1. The first-order valence-electron chi connectivity index (χ1n) is 12.5. The Morgan fingerprint density at radius 2 is 1.76 bits per heavy atom. The molecule has 0 spiro atoms. The highest BCUT2D eigenvalue weighted by Gasteiger charge is 2.33. The van der Waals surface area contributed by atoms with Crippen molar-refractivity contribution < 1.29 is 33.3 Å². The number of furan rings is 1. The van der Waals surface area contributed by atoms with Crippen LogP contribution >= 0.6 is 11.8 Å². The maximum atomic E-state index is 13.6. The van der Waals surface area contributed by atoms with Gasteiger partial charge in [0.2, 0.25) is 5.76 Å². The summed E-state index contributed by atoms with van der Waals surface area (Å²) >= 11 is 1.30. The molecule has 1 saturated heterocycles. The number of methoxy groups -OCH3 is 2. The molecule has 0 atom stereocenters. The number of rotatable bonds is 10. The Bertz CT molecular complexity index is 1610. The van der Waals surface area contributed by atoms with Crippen LogP contribution in [-0.2, 0) is 17.9 Å². The summed E-state index contributed by atoms with van der Waals surface area (Å²) in [5, 5.41) is 9.61. The third-order valence-corrected chi connectivity index (χ3v) is 7.10. The molecule has 0 saturated carbocycles. The molecule has 1 fully saturated rings. The van der Waals surface area contributed by atoms with Crippen molar-refractivity contribution >= 4 is 40.6 Å². The van der Waals surface area contributed by atoms with Crippen molar-refractivity contribution in [2.45, 2.75) is 13.2 Å². The van der Waals surface area contributed by atoms with Gasteiger partial charge in [-0.1, -0.05) is 36.4 Å². The molecular formula is C31H26N2O7S. The number of para-hydroxylation sites is 1. The van der Waals surface area contributed by atoms with Crippen molar-refractivity contribution in [2.75, 3.05) is 14.2 Å². The molecular weight excluding hydrogens is 544 g/mol. The van der Waals surface area contributed by atoms with Gasteiger partial charge in [0.1, 0.15) is 18.1 Å². The molecule has 1 aliphatic heterocycles. The van der Waals surface area contributed by atoms with E-state index in [4.69, 9.17) is 28.7 Å². The summed E-state index contributed by atoms with van der Waals surface area (Å²) < 4.78 is 21.8. The van der Waals surface area contributed by atoms with Crippen LogP contribution < -0.4 is 14.2 Å². The van der Waals surface area contributed by atoms with E-state index in [1.165, 1.54) is 24.9 Å². The van der Waals surface area contributed by atoms with E-state index < -0.39 is 5.97 Å². The maximum Gasteiger partial charge on any atom is 0.371 e. The largest absolute Gasteiger partial charge is 0.497 e. The van der Waals surface area contributed by atoms with Crippen LogP contribution in [0, 0.1) is 0 Å². The summed E-state index contributed by atoms with van der Waals surface area (Å²) in [6.45, 7) is 0.378. The van der Waals surface area contributed by atoms with Gasteiger partial charge in [0.05, 0.1) is 31.4 Å². The normalized spacial score (nSPS) is 15.0. The first-order valence-corrected chi connectivity index (χ1v) is 13.4. The molecule has 0 bridgehead atoms. The van der Waals surface area contributed by atoms with Crippen molar-refractivity contribution in [2.24, 2.45) is 4.99 Å². The third-order valence-electron chi connectivity index (χ3n) is 6.10. The predicted octanol–water partition coefficient (Wildman–Crippen LogP) is 6.38. The molecule has 0 aliphatic carbocycles. The van der Waals surface area contributed by atoms with Gasteiger partial charge in [-0.2, -0.15) is 0 Å². The number of carboxylic acids is 1. The van der Waals surface area contributed by atoms with Crippen molar-refractivity contribution in [3.63, 3.8) is 0 Å². The van der Waals surface area contributed by atoms with E-state index in [-0.39, 0.29) is 18.3 Å². The summed E-state index contributed by atoms with van der Waals surface area (Å²) in [7, 11) is 3.13. The summed E-state index contributed by atoms with van der Waals surface area (Å²) in [4.78, 5) is 31.6. The van der Waals surface area contributed by atoms with Crippen molar-refractivity contribution in [3.8, 4) is 17.2 Å². The number of thioether (sulfide) groups is 1. The molecule has 1 aromatic heterocycles. The van der Waals surface area contributed by atoms with Gasteiger partial charge in [-0.25, -0.2) is 9.79 Å². The number of nitrogens with zero attached hydrogens (tertiary/aromatic N) is 2. The Balaban J connectivity index is 1.38. The highest BCUT2D eigenvalue weighted by Crippen LogP contribution is 2.37. The Morgan fingerprint density at radius 1 is 0.976 bits per heavy atom. The zero-order chi connectivity index (χ0) is 28.8. The molecule has 1 aliphatic rings. The lowest BCUT2D eigenvalue weighted by Crippen LogP contribution is -2.28. The topological polar surface area (TPSA) is 111 Å². The number of hydrogen-bond acceptors (Lipinski definition) is 8. The fraction of sp³-hybridized carbons (Fsp3) is 0.129. The van der Waals surface area contributed by atoms with Crippen molar-refractivity contribution in [1.29, 1.82) is 0 Å². The Labute approximate surface area is 240 Å². The van der Waals surface area contributed by atoms with Crippen LogP contribution in [0.15, 0.2) is 99.2 Å². The van der Waals surface area contributed by atoms with E-state index in [0.717, 1.165) is 22.6 Å². The number of ether oxygens (including phenoxy) is 3. The lowest BCUT2D eigenvalue weighted by Gasteiger charge is -2.16. The minimum atomic E-state index is -1.15. The van der Waals surface area contributed by atoms with Crippen LogP contribution in [0.25, 0.3) is 6.08 Å². The minimum Gasteiger partial charge on any atom is -0.497 e. The monoisotopic (exact) mass is 570 g/mol. The van der Waals surface area contributed by atoms with Crippen LogP contribution in [0.3, 0.4) is 0 Å². The molecule has 41 heavy (non-hydrogen) atoms. The predicted molar refractivity (Wildman–Crippen MR) is 156 cm³/mol. The van der Waals surface area contributed by atoms with Crippen molar-refractivity contribution in [1.82, 2.24) is 4.90 Å². The number of benzene rings is 3. The molecule has 3 aromatic carbocycles. The number of carboxylic acid groups (broad SMARTS) is 1. The second-order valence-corrected chi connectivity index (χ2v) is 9.86. The highest BCUT2D eigenvalue weighted by atomic mass is 32.2. The number of carbonyl (C=O) groups is 2. The number of aromatic carboxylic acids is 1. The van der Waals surface area contributed by atoms with E-state index in [1.807, 2.05) is 60.7 Å². The number of carbonyl (C=O) groups excluding carboxylic acids is 1. The van der Waals surface area contributed by atoms with Crippen molar-refractivity contribution in [3.05, 3.63) is 112 Å². The average molecular weight is 571 g/mol. The van der Waals surface area contributed by atoms with Gasteiger partial charge in [0.25, 0.3) is 5.91 Å². The minimum absolute atomic E-state index is 0.0258. The van der Waals surface area contributed by atoms with Crippen LogP contribution in [0.5, 0.6) is 17.2 Å². The zero-order valence-corrected chi connectivity index (χ0v) is 23.1. The average Bonchev–Trinajstić information content (AvgIpc) is 3.58. The quantitative estimate of drug-likeness (QED) is 0.219. The first-order chi connectivity index (χ1) is 19.9. The molecule has 0 radical (unpaired) electrons. The van der Waals surface area contributed by atoms with Crippen LogP contribution in [0.4, 0.5) is 5.69 Å². The van der Waals surface area contributed by atoms with Gasteiger partial charge in [-0.05, 0) is 77.5 Å². The summed E-state index contributed by atoms with van der Waals surface area (Å²) in [5.41, 5.74) is 2.43. The zero-order valence-electron chi connectivity index (χ0n) is 22.3. The van der Waals surface area contributed by atoms with Gasteiger partial charge in [-0.3, -0.25) is 9.69 Å².